The van der Waals surface area contributed by atoms with Gasteiger partial charge in [0.05, 0.1) is 24.7 Å². The van der Waals surface area contributed by atoms with Crippen LogP contribution in [0.2, 0.25) is 0 Å². The Morgan fingerprint density at radius 1 is 1.63 bits per heavy atom. The molecule has 2 atom stereocenters. The molecule has 0 aromatic carbocycles. The summed E-state index contributed by atoms with van der Waals surface area (Å²) in [6.45, 7) is 6.53. The highest BCUT2D eigenvalue weighted by molar-refractivity contribution is 5.06. The second kappa shape index (κ2) is 7.03. The average Bonchev–Trinajstić information content (AvgIpc) is 2.89. The fourth-order valence-electron chi connectivity index (χ4n) is 2.89. The van der Waals surface area contributed by atoms with Gasteiger partial charge in [0.15, 0.2) is 0 Å². The molecule has 19 heavy (non-hydrogen) atoms. The van der Waals surface area contributed by atoms with E-state index < -0.39 is 0 Å². The third-order valence-corrected chi connectivity index (χ3v) is 3.98. The maximum Gasteiger partial charge on any atom is 0.0948 e. The van der Waals surface area contributed by atoms with Crippen molar-refractivity contribution in [1.82, 2.24) is 14.5 Å². The van der Waals surface area contributed by atoms with Crippen LogP contribution >= 0.6 is 0 Å². The Kier molecular flexibility index (Phi) is 5.36. The highest BCUT2D eigenvalue weighted by atomic mass is 16.5. The lowest BCUT2D eigenvalue weighted by Crippen LogP contribution is -2.37. The monoisotopic (exact) mass is 266 g/mol. The Labute approximate surface area is 115 Å². The molecule has 5 nitrogen and oxygen atoms in total. The quantitative estimate of drug-likeness (QED) is 0.842. The summed E-state index contributed by atoms with van der Waals surface area (Å²) in [7, 11) is 2.15. The number of aryl methyl sites for hydroxylation is 1. The van der Waals surface area contributed by atoms with Gasteiger partial charge in [-0.3, -0.25) is 4.90 Å². The topological polar surface area (TPSA) is 56.3 Å². The molecule has 0 bridgehead atoms. The van der Waals surface area contributed by atoms with E-state index in [0.717, 1.165) is 26.3 Å². The van der Waals surface area contributed by atoms with Crippen molar-refractivity contribution in [2.24, 2.45) is 11.7 Å². The summed E-state index contributed by atoms with van der Waals surface area (Å²) in [5.41, 5.74) is 7.19. The van der Waals surface area contributed by atoms with E-state index in [1.54, 1.807) is 0 Å². The molecule has 5 heteroatoms. The van der Waals surface area contributed by atoms with Crippen LogP contribution in [0.1, 0.15) is 31.5 Å². The van der Waals surface area contributed by atoms with Gasteiger partial charge in [0, 0.05) is 32.4 Å². The van der Waals surface area contributed by atoms with Crippen molar-refractivity contribution in [2.45, 2.75) is 32.4 Å². The number of rotatable bonds is 6. The van der Waals surface area contributed by atoms with Crippen LogP contribution in [0, 0.1) is 5.92 Å². The van der Waals surface area contributed by atoms with Crippen LogP contribution in [0.3, 0.4) is 0 Å². The van der Waals surface area contributed by atoms with Crippen molar-refractivity contribution in [3.63, 3.8) is 0 Å². The van der Waals surface area contributed by atoms with Gasteiger partial charge < -0.3 is 15.0 Å². The second-order valence-electron chi connectivity index (χ2n) is 5.38. The van der Waals surface area contributed by atoms with E-state index in [2.05, 4.69) is 28.4 Å². The fraction of sp³-hybridized carbons (Fsp3) is 0.786. The molecule has 0 aliphatic carbocycles. The third-order valence-electron chi connectivity index (χ3n) is 3.98. The van der Waals surface area contributed by atoms with E-state index in [4.69, 9.17) is 10.5 Å². The van der Waals surface area contributed by atoms with Crippen LogP contribution in [0.15, 0.2) is 12.5 Å². The maximum absolute atomic E-state index is 5.98. The highest BCUT2D eigenvalue weighted by Crippen LogP contribution is 2.22. The molecule has 0 saturated carbocycles. The molecule has 1 aromatic rings. The summed E-state index contributed by atoms with van der Waals surface area (Å²) in [6.07, 6.45) is 6.26. The lowest BCUT2D eigenvalue weighted by Gasteiger charge is -2.32. The molecule has 0 amide bonds. The van der Waals surface area contributed by atoms with Gasteiger partial charge in [-0.1, -0.05) is 0 Å². The number of nitrogens with zero attached hydrogens (tertiary/aromatic N) is 3. The lowest BCUT2D eigenvalue weighted by atomic mass is 10.0. The number of nitrogens with two attached hydrogens (primary N) is 1. The van der Waals surface area contributed by atoms with E-state index in [9.17, 15) is 0 Å². The van der Waals surface area contributed by atoms with Crippen LogP contribution < -0.4 is 5.73 Å². The summed E-state index contributed by atoms with van der Waals surface area (Å²) in [4.78, 5) is 6.60. The SMILES string of the molecule is CCn1cncc1C(CN)N(C)CC1CCCOC1. The highest BCUT2D eigenvalue weighted by Gasteiger charge is 2.23. The third kappa shape index (κ3) is 3.55. The first-order valence-electron chi connectivity index (χ1n) is 7.24. The Hall–Kier alpha value is -0.910. The molecule has 0 spiro atoms. The van der Waals surface area contributed by atoms with Gasteiger partial charge in [0.2, 0.25) is 0 Å². The smallest absolute Gasteiger partial charge is 0.0948 e. The lowest BCUT2D eigenvalue weighted by molar-refractivity contribution is 0.0360. The van der Waals surface area contributed by atoms with Gasteiger partial charge >= 0.3 is 0 Å². The number of likely N-dealkylation sites (N-methyl/N-ethyl adjacent to an activating group) is 1. The van der Waals surface area contributed by atoms with E-state index in [1.165, 1.54) is 18.5 Å². The molecule has 1 aliphatic heterocycles. The predicted octanol–water partition coefficient (Wildman–Crippen LogP) is 1.26. The Balaban J connectivity index is 2.00. The van der Waals surface area contributed by atoms with Crippen LogP contribution in [-0.4, -0.2) is 47.8 Å². The molecule has 2 N–H and O–H groups in total. The average molecular weight is 266 g/mol. The van der Waals surface area contributed by atoms with Crippen LogP contribution in [0.25, 0.3) is 0 Å². The first-order chi connectivity index (χ1) is 9.26. The van der Waals surface area contributed by atoms with E-state index >= 15 is 0 Å². The number of aromatic nitrogens is 2. The fourth-order valence-corrected chi connectivity index (χ4v) is 2.89. The standard InChI is InChI=1S/C14H26N4O/c1-3-18-11-16-8-14(18)13(7-15)17(2)9-12-5-4-6-19-10-12/h8,11-13H,3-7,9-10,15H2,1-2H3. The van der Waals surface area contributed by atoms with Crippen molar-refractivity contribution < 1.29 is 4.74 Å². The summed E-state index contributed by atoms with van der Waals surface area (Å²) in [5, 5.41) is 0. The van der Waals surface area contributed by atoms with Gasteiger partial charge in [-0.25, -0.2) is 4.98 Å². The van der Waals surface area contributed by atoms with E-state index in [-0.39, 0.29) is 6.04 Å². The molecule has 2 unspecified atom stereocenters. The van der Waals surface area contributed by atoms with Crippen molar-refractivity contribution in [2.75, 3.05) is 33.4 Å². The van der Waals surface area contributed by atoms with Crippen molar-refractivity contribution >= 4 is 0 Å². The van der Waals surface area contributed by atoms with Crippen molar-refractivity contribution in [3.05, 3.63) is 18.2 Å². The molecule has 1 aromatic heterocycles. The number of imidazole rings is 1. The summed E-state index contributed by atoms with van der Waals surface area (Å²) >= 11 is 0. The Morgan fingerprint density at radius 2 is 2.47 bits per heavy atom. The first kappa shape index (κ1) is 14.5. The summed E-state index contributed by atoms with van der Waals surface area (Å²) in [6, 6.07) is 0.240. The Bertz CT molecular complexity index is 373. The molecule has 108 valence electrons. The van der Waals surface area contributed by atoms with Gasteiger partial charge in [-0.2, -0.15) is 0 Å². The molecular weight excluding hydrogens is 240 g/mol. The van der Waals surface area contributed by atoms with Gasteiger partial charge in [-0.15, -0.1) is 0 Å². The molecule has 1 saturated heterocycles. The number of ether oxygens (including phenoxy) is 1. The largest absolute Gasteiger partial charge is 0.381 e. The van der Waals surface area contributed by atoms with Crippen LogP contribution in [0.5, 0.6) is 0 Å². The van der Waals surface area contributed by atoms with Crippen molar-refractivity contribution in [1.29, 1.82) is 0 Å². The summed E-state index contributed by atoms with van der Waals surface area (Å²) in [5.74, 6) is 0.630. The first-order valence-corrected chi connectivity index (χ1v) is 7.24. The van der Waals surface area contributed by atoms with E-state index in [0.29, 0.717) is 12.5 Å². The maximum atomic E-state index is 5.98. The number of hydrogen-bond donors (Lipinski definition) is 1. The minimum Gasteiger partial charge on any atom is -0.381 e. The van der Waals surface area contributed by atoms with Gasteiger partial charge in [-0.05, 0) is 32.7 Å². The van der Waals surface area contributed by atoms with Crippen molar-refractivity contribution in [3.8, 4) is 0 Å². The van der Waals surface area contributed by atoms with Crippen LogP contribution in [-0.2, 0) is 11.3 Å². The minimum atomic E-state index is 0.240. The second-order valence-corrected chi connectivity index (χ2v) is 5.38. The molecule has 1 fully saturated rings. The molecule has 2 rings (SSSR count). The zero-order valence-corrected chi connectivity index (χ0v) is 12.1. The molecular formula is C14H26N4O. The molecule has 0 radical (unpaired) electrons. The predicted molar refractivity (Wildman–Crippen MR) is 75.9 cm³/mol. The number of hydrogen-bond acceptors (Lipinski definition) is 4. The van der Waals surface area contributed by atoms with Gasteiger partial charge in [0.25, 0.3) is 0 Å². The zero-order chi connectivity index (χ0) is 13.7. The normalized spacial score (nSPS) is 21.8. The zero-order valence-electron chi connectivity index (χ0n) is 12.1. The minimum absolute atomic E-state index is 0.240. The molecule has 2 heterocycles. The summed E-state index contributed by atoms with van der Waals surface area (Å²) < 4.78 is 7.73. The molecule has 1 aliphatic rings. The van der Waals surface area contributed by atoms with Crippen LogP contribution in [0.4, 0.5) is 0 Å². The van der Waals surface area contributed by atoms with E-state index in [1.807, 2.05) is 12.5 Å². The van der Waals surface area contributed by atoms with Gasteiger partial charge in [0.1, 0.15) is 0 Å². The Morgan fingerprint density at radius 3 is 3.11 bits per heavy atom.